The maximum absolute atomic E-state index is 11.9. The molecule has 0 atom stereocenters. The van der Waals surface area contributed by atoms with Crippen molar-refractivity contribution in [3.63, 3.8) is 0 Å². The number of pyridine rings is 1. The van der Waals surface area contributed by atoms with E-state index in [-0.39, 0.29) is 13.0 Å². The Morgan fingerprint density at radius 1 is 1.11 bits per heavy atom. The summed E-state index contributed by atoms with van der Waals surface area (Å²) >= 11 is 1.72. The number of hydrogen-bond donors (Lipinski definition) is 2. The number of thiophene rings is 1. The molecule has 8 nitrogen and oxygen atoms in total. The quantitative estimate of drug-likeness (QED) is 0.278. The zero-order valence-corrected chi connectivity index (χ0v) is 21.1. The molecule has 2 N–H and O–H groups in total. The summed E-state index contributed by atoms with van der Waals surface area (Å²) in [7, 11) is 5.09. The lowest BCUT2D eigenvalue weighted by Gasteiger charge is -2.11. The molecule has 9 heteroatoms. The highest BCUT2D eigenvalue weighted by molar-refractivity contribution is 7.13. The Morgan fingerprint density at radius 2 is 1.97 bits per heavy atom. The van der Waals surface area contributed by atoms with Crippen molar-refractivity contribution in [2.24, 2.45) is 7.05 Å². The number of methoxy groups -OCH3 is 1. The molecule has 0 aliphatic heterocycles. The van der Waals surface area contributed by atoms with Crippen LogP contribution in [0.15, 0.2) is 66.2 Å². The Labute approximate surface area is 214 Å². The van der Waals surface area contributed by atoms with Crippen molar-refractivity contribution < 1.29 is 15.7 Å². The van der Waals surface area contributed by atoms with Crippen molar-refractivity contribution in [2.45, 2.75) is 6.92 Å². The van der Waals surface area contributed by atoms with Gasteiger partial charge in [0.1, 0.15) is 11.4 Å². The van der Waals surface area contributed by atoms with Gasteiger partial charge in [-0.1, -0.05) is 12.1 Å². The summed E-state index contributed by atoms with van der Waals surface area (Å²) in [6, 6.07) is 17.5. The SMILES string of the molecule is CNC(=O)c1cc(Oc2cc3nc(Nc4ccc(C)c(-c5cccs5)c4)n(C)c3cc2OC)ccn1.[HH]. The van der Waals surface area contributed by atoms with E-state index in [9.17, 15) is 4.79 Å². The molecular weight excluding hydrogens is 474 g/mol. The minimum Gasteiger partial charge on any atom is -0.493 e. The third-order valence-electron chi connectivity index (χ3n) is 5.87. The normalized spacial score (nSPS) is 10.9. The fraction of sp³-hybridized carbons (Fsp3) is 0.148. The maximum atomic E-state index is 11.9. The van der Waals surface area contributed by atoms with Crippen LogP contribution in [-0.4, -0.2) is 34.6 Å². The fourth-order valence-electron chi connectivity index (χ4n) is 3.93. The van der Waals surface area contributed by atoms with Gasteiger partial charge in [-0.3, -0.25) is 9.78 Å². The molecule has 3 heterocycles. The lowest BCUT2D eigenvalue weighted by Crippen LogP contribution is -2.18. The number of benzene rings is 2. The van der Waals surface area contributed by atoms with Crippen LogP contribution >= 0.6 is 11.3 Å². The lowest BCUT2D eigenvalue weighted by atomic mass is 10.1. The van der Waals surface area contributed by atoms with Crippen LogP contribution in [0.2, 0.25) is 0 Å². The molecular formula is C27H27N5O3S. The first kappa shape index (κ1) is 23.4. The first-order valence-corrected chi connectivity index (χ1v) is 12.2. The molecule has 0 saturated heterocycles. The van der Waals surface area contributed by atoms with Crippen LogP contribution in [0.3, 0.4) is 0 Å². The number of ether oxygens (including phenoxy) is 2. The summed E-state index contributed by atoms with van der Waals surface area (Å²) < 4.78 is 13.6. The first-order valence-electron chi connectivity index (χ1n) is 11.3. The largest absolute Gasteiger partial charge is 0.493 e. The molecule has 0 aliphatic carbocycles. The molecule has 5 aromatic rings. The molecule has 0 saturated carbocycles. The number of aryl methyl sites for hydroxylation is 2. The maximum Gasteiger partial charge on any atom is 0.269 e. The minimum absolute atomic E-state index is 0. The molecule has 0 fully saturated rings. The van der Waals surface area contributed by atoms with Gasteiger partial charge in [0.25, 0.3) is 5.91 Å². The van der Waals surface area contributed by atoms with Crippen molar-refractivity contribution in [3.05, 3.63) is 77.4 Å². The highest BCUT2D eigenvalue weighted by Gasteiger charge is 2.16. The molecule has 2 aromatic carbocycles. The van der Waals surface area contributed by atoms with E-state index in [1.165, 1.54) is 22.2 Å². The Bertz CT molecular complexity index is 1570. The van der Waals surface area contributed by atoms with Gasteiger partial charge >= 0.3 is 0 Å². The van der Waals surface area contributed by atoms with Crippen molar-refractivity contribution in [3.8, 4) is 27.7 Å². The predicted molar refractivity (Wildman–Crippen MR) is 145 cm³/mol. The zero-order valence-electron chi connectivity index (χ0n) is 20.3. The monoisotopic (exact) mass is 501 g/mol. The number of rotatable bonds is 7. The molecule has 184 valence electrons. The second-order valence-corrected chi connectivity index (χ2v) is 9.12. The number of nitrogens with zero attached hydrogens (tertiary/aromatic N) is 3. The highest BCUT2D eigenvalue weighted by atomic mass is 32.1. The molecule has 3 aromatic heterocycles. The van der Waals surface area contributed by atoms with Gasteiger partial charge in [0, 0.05) is 50.5 Å². The molecule has 36 heavy (non-hydrogen) atoms. The molecule has 1 amide bonds. The van der Waals surface area contributed by atoms with E-state index in [0.29, 0.717) is 23.2 Å². The summed E-state index contributed by atoms with van der Waals surface area (Å²) in [5, 5.41) is 8.09. The average Bonchev–Trinajstić information content (AvgIpc) is 3.53. The van der Waals surface area contributed by atoms with E-state index >= 15 is 0 Å². The molecule has 0 spiro atoms. The third-order valence-corrected chi connectivity index (χ3v) is 6.77. The average molecular weight is 502 g/mol. The summed E-state index contributed by atoms with van der Waals surface area (Å²) in [4.78, 5) is 22.0. The van der Waals surface area contributed by atoms with Crippen LogP contribution in [0.1, 0.15) is 17.5 Å². The number of fused-ring (bicyclic) bond motifs is 1. The number of hydrogen-bond acceptors (Lipinski definition) is 7. The van der Waals surface area contributed by atoms with Gasteiger partial charge in [-0.2, -0.15) is 0 Å². The summed E-state index contributed by atoms with van der Waals surface area (Å²) in [5.41, 5.74) is 5.24. The Hall–Kier alpha value is -4.37. The van der Waals surface area contributed by atoms with E-state index in [1.807, 2.05) is 29.8 Å². The number of carbonyl (C=O) groups is 1. The summed E-state index contributed by atoms with van der Waals surface area (Å²) in [6.07, 6.45) is 1.53. The van der Waals surface area contributed by atoms with Gasteiger partial charge in [-0.05, 0) is 47.7 Å². The number of amides is 1. The van der Waals surface area contributed by atoms with Crippen molar-refractivity contribution in [2.75, 3.05) is 19.5 Å². The number of carbonyl (C=O) groups excluding carboxylic acids is 1. The zero-order chi connectivity index (χ0) is 25.2. The van der Waals surface area contributed by atoms with Gasteiger partial charge < -0.3 is 24.7 Å². The standard InChI is InChI=1S/C27H25N5O3S.H2/c1-16-7-8-17(12-19(16)25-6-5-11-36-25)30-27-31-20-14-24(23(34-4)15-22(20)32(27)3)35-18-9-10-29-21(13-18)26(33)28-2;/h5-15H,1-4H3,(H,28,33)(H,30,31);1H. The van der Waals surface area contributed by atoms with Crippen LogP contribution < -0.4 is 20.1 Å². The first-order chi connectivity index (χ1) is 17.5. The van der Waals surface area contributed by atoms with E-state index in [4.69, 9.17) is 14.5 Å². The van der Waals surface area contributed by atoms with Crippen molar-refractivity contribution in [1.82, 2.24) is 19.9 Å². The topological polar surface area (TPSA) is 90.3 Å². The van der Waals surface area contributed by atoms with Gasteiger partial charge in [0.05, 0.1) is 18.1 Å². The fourth-order valence-corrected chi connectivity index (χ4v) is 4.74. The molecule has 0 radical (unpaired) electrons. The molecule has 0 unspecified atom stereocenters. The number of aromatic nitrogens is 3. The van der Waals surface area contributed by atoms with Crippen LogP contribution in [-0.2, 0) is 7.05 Å². The second kappa shape index (κ2) is 9.71. The van der Waals surface area contributed by atoms with Gasteiger partial charge in [-0.25, -0.2) is 4.98 Å². The van der Waals surface area contributed by atoms with E-state index < -0.39 is 0 Å². The molecule has 0 bridgehead atoms. The number of nitrogens with one attached hydrogen (secondary N) is 2. The van der Waals surface area contributed by atoms with Gasteiger partial charge in [-0.15, -0.1) is 11.3 Å². The van der Waals surface area contributed by atoms with E-state index in [0.717, 1.165) is 16.7 Å². The van der Waals surface area contributed by atoms with Crippen LogP contribution in [0.5, 0.6) is 17.2 Å². The Morgan fingerprint density at radius 3 is 2.72 bits per heavy atom. The number of anilines is 2. The van der Waals surface area contributed by atoms with Crippen LogP contribution in [0.4, 0.5) is 11.6 Å². The summed E-state index contributed by atoms with van der Waals surface area (Å²) in [6.45, 7) is 2.11. The highest BCUT2D eigenvalue weighted by Crippen LogP contribution is 2.37. The Kier molecular flexibility index (Phi) is 6.30. The lowest BCUT2D eigenvalue weighted by molar-refractivity contribution is 0.0958. The van der Waals surface area contributed by atoms with E-state index in [2.05, 4.69) is 52.2 Å². The van der Waals surface area contributed by atoms with Gasteiger partial charge in [0.15, 0.2) is 11.5 Å². The van der Waals surface area contributed by atoms with Crippen LogP contribution in [0.25, 0.3) is 21.5 Å². The second-order valence-electron chi connectivity index (χ2n) is 8.18. The predicted octanol–water partition coefficient (Wildman–Crippen LogP) is 6.16. The Balaban J connectivity index is 0.00000320. The number of imidazole rings is 1. The molecule has 0 aliphatic rings. The smallest absolute Gasteiger partial charge is 0.269 e. The third kappa shape index (κ3) is 4.48. The van der Waals surface area contributed by atoms with Crippen molar-refractivity contribution >= 4 is 39.9 Å². The molecule has 5 rings (SSSR count). The van der Waals surface area contributed by atoms with Gasteiger partial charge in [0.2, 0.25) is 5.95 Å². The van der Waals surface area contributed by atoms with Crippen LogP contribution in [0, 0.1) is 6.92 Å². The minimum atomic E-state index is -0.290. The van der Waals surface area contributed by atoms with Crippen molar-refractivity contribution in [1.29, 1.82) is 0 Å². The summed E-state index contributed by atoms with van der Waals surface area (Å²) in [5.74, 6) is 1.90. The van der Waals surface area contributed by atoms with E-state index in [1.54, 1.807) is 37.6 Å².